The fourth-order valence-corrected chi connectivity index (χ4v) is 3.61. The zero-order chi connectivity index (χ0) is 19.8. The lowest BCUT2D eigenvalue weighted by Gasteiger charge is -2.40. The molecule has 0 aromatic heterocycles. The molecule has 28 heavy (non-hydrogen) atoms. The number of carbonyl (C=O) groups excluding carboxylic acids is 1. The summed E-state index contributed by atoms with van der Waals surface area (Å²) in [5, 5.41) is 3.00. The molecule has 2 aromatic carbocycles. The van der Waals surface area contributed by atoms with Crippen molar-refractivity contribution in [1.29, 1.82) is 0 Å². The van der Waals surface area contributed by atoms with Crippen molar-refractivity contribution in [3.05, 3.63) is 66.2 Å². The molecule has 1 saturated heterocycles. The summed E-state index contributed by atoms with van der Waals surface area (Å²) >= 11 is 0. The van der Waals surface area contributed by atoms with Crippen molar-refractivity contribution in [1.82, 2.24) is 15.1 Å². The van der Waals surface area contributed by atoms with Crippen LogP contribution in [0.5, 0.6) is 5.75 Å². The Balaban J connectivity index is 1.44. The number of benzene rings is 2. The van der Waals surface area contributed by atoms with E-state index in [1.165, 1.54) is 5.56 Å². The van der Waals surface area contributed by atoms with E-state index in [1.54, 1.807) is 6.92 Å². The molecule has 1 aliphatic rings. The smallest absolute Gasteiger partial charge is 0.260 e. The summed E-state index contributed by atoms with van der Waals surface area (Å²) in [4.78, 5) is 17.2. The van der Waals surface area contributed by atoms with E-state index in [2.05, 4.69) is 52.5 Å². The van der Waals surface area contributed by atoms with Crippen LogP contribution in [-0.2, 0) is 4.79 Å². The highest BCUT2D eigenvalue weighted by atomic mass is 16.5. The van der Waals surface area contributed by atoms with E-state index in [0.717, 1.165) is 32.6 Å². The highest BCUT2D eigenvalue weighted by molar-refractivity contribution is 5.80. The van der Waals surface area contributed by atoms with Crippen LogP contribution in [0, 0.1) is 0 Å². The molecule has 2 aromatic rings. The van der Waals surface area contributed by atoms with Gasteiger partial charge >= 0.3 is 0 Å². The summed E-state index contributed by atoms with van der Waals surface area (Å²) < 4.78 is 5.68. The SMILES string of the molecule is C[C@H](Oc1ccccc1)C(=O)NCCCN1CCN(C)C[C@@H]1c1ccccc1. The first kappa shape index (κ1) is 20.4. The molecule has 150 valence electrons. The molecule has 0 aliphatic carbocycles. The van der Waals surface area contributed by atoms with Gasteiger partial charge in [0, 0.05) is 38.8 Å². The molecule has 1 N–H and O–H groups in total. The van der Waals surface area contributed by atoms with Crippen LogP contribution >= 0.6 is 0 Å². The highest BCUT2D eigenvalue weighted by Crippen LogP contribution is 2.24. The summed E-state index contributed by atoms with van der Waals surface area (Å²) in [6, 6.07) is 20.6. The van der Waals surface area contributed by atoms with E-state index in [0.29, 0.717) is 18.3 Å². The maximum atomic E-state index is 12.3. The lowest BCUT2D eigenvalue weighted by atomic mass is 10.0. The first-order valence-electron chi connectivity index (χ1n) is 10.1. The molecule has 3 rings (SSSR count). The molecular formula is C23H31N3O2. The maximum absolute atomic E-state index is 12.3. The van der Waals surface area contributed by atoms with Crippen molar-refractivity contribution in [2.45, 2.75) is 25.5 Å². The fourth-order valence-electron chi connectivity index (χ4n) is 3.61. The van der Waals surface area contributed by atoms with Gasteiger partial charge in [-0.05, 0) is 38.1 Å². The minimum Gasteiger partial charge on any atom is -0.481 e. The van der Waals surface area contributed by atoms with Crippen LogP contribution in [0.15, 0.2) is 60.7 Å². The number of piperazine rings is 1. The van der Waals surface area contributed by atoms with Gasteiger partial charge in [0.25, 0.3) is 5.91 Å². The minimum atomic E-state index is -0.497. The average molecular weight is 382 g/mol. The van der Waals surface area contributed by atoms with Gasteiger partial charge in [0.2, 0.25) is 0 Å². The lowest BCUT2D eigenvalue weighted by Crippen LogP contribution is -2.47. The summed E-state index contributed by atoms with van der Waals surface area (Å²) in [7, 11) is 2.18. The van der Waals surface area contributed by atoms with Crippen molar-refractivity contribution >= 4 is 5.91 Å². The van der Waals surface area contributed by atoms with Crippen LogP contribution < -0.4 is 10.1 Å². The molecule has 1 aliphatic heterocycles. The maximum Gasteiger partial charge on any atom is 0.260 e. The monoisotopic (exact) mass is 381 g/mol. The van der Waals surface area contributed by atoms with Crippen LogP contribution in [0.2, 0.25) is 0 Å². The van der Waals surface area contributed by atoms with Gasteiger partial charge in [-0.15, -0.1) is 0 Å². The number of nitrogens with one attached hydrogen (secondary N) is 1. The first-order valence-corrected chi connectivity index (χ1v) is 10.1. The Labute approximate surface area is 168 Å². The number of hydrogen-bond acceptors (Lipinski definition) is 4. The van der Waals surface area contributed by atoms with Gasteiger partial charge in [0.1, 0.15) is 5.75 Å². The summed E-state index contributed by atoms with van der Waals surface area (Å²) in [5.74, 6) is 0.648. The van der Waals surface area contributed by atoms with Gasteiger partial charge in [0.15, 0.2) is 6.10 Å². The van der Waals surface area contributed by atoms with Gasteiger partial charge in [-0.3, -0.25) is 9.69 Å². The van der Waals surface area contributed by atoms with Crippen molar-refractivity contribution in [3.8, 4) is 5.75 Å². The van der Waals surface area contributed by atoms with Gasteiger partial charge in [-0.1, -0.05) is 48.5 Å². The van der Waals surface area contributed by atoms with Crippen LogP contribution in [0.4, 0.5) is 0 Å². The molecule has 1 fully saturated rings. The Morgan fingerprint density at radius 3 is 2.50 bits per heavy atom. The second-order valence-corrected chi connectivity index (χ2v) is 7.44. The second kappa shape index (κ2) is 10.2. The zero-order valence-corrected chi connectivity index (χ0v) is 16.9. The molecule has 5 nitrogen and oxygen atoms in total. The molecule has 1 amide bonds. The fraction of sp³-hybridized carbons (Fsp3) is 0.435. The van der Waals surface area contributed by atoms with Gasteiger partial charge in [0.05, 0.1) is 0 Å². The molecule has 0 saturated carbocycles. The third-order valence-electron chi connectivity index (χ3n) is 5.23. The van der Waals surface area contributed by atoms with Crippen LogP contribution in [0.3, 0.4) is 0 Å². The van der Waals surface area contributed by atoms with Crippen molar-refractivity contribution in [2.24, 2.45) is 0 Å². The topological polar surface area (TPSA) is 44.8 Å². The largest absolute Gasteiger partial charge is 0.481 e. The van der Waals surface area contributed by atoms with Gasteiger partial charge < -0.3 is 15.0 Å². The molecule has 0 unspecified atom stereocenters. The van der Waals surface area contributed by atoms with E-state index in [1.807, 2.05) is 30.3 Å². The Morgan fingerprint density at radius 2 is 1.79 bits per heavy atom. The Morgan fingerprint density at radius 1 is 1.11 bits per heavy atom. The Hall–Kier alpha value is -2.37. The molecule has 2 atom stereocenters. The standard InChI is InChI=1S/C23H31N3O2/c1-19(28-21-12-7-4-8-13-21)23(27)24-14-9-15-26-17-16-25(2)18-22(26)20-10-5-3-6-11-20/h3-8,10-13,19,22H,9,14-18H2,1-2H3,(H,24,27)/t19-,22+/m0/s1. The third kappa shape index (κ3) is 5.81. The molecule has 0 spiro atoms. The quantitative estimate of drug-likeness (QED) is 0.714. The third-order valence-corrected chi connectivity index (χ3v) is 5.23. The second-order valence-electron chi connectivity index (χ2n) is 7.44. The van der Waals surface area contributed by atoms with Crippen LogP contribution in [0.25, 0.3) is 0 Å². The summed E-state index contributed by atoms with van der Waals surface area (Å²) in [6.45, 7) is 6.60. The van der Waals surface area contributed by atoms with Crippen LogP contribution in [-0.4, -0.2) is 61.6 Å². The van der Waals surface area contributed by atoms with Crippen molar-refractivity contribution in [3.63, 3.8) is 0 Å². The minimum absolute atomic E-state index is 0.0677. The Kier molecular flexibility index (Phi) is 7.46. The summed E-state index contributed by atoms with van der Waals surface area (Å²) in [6.07, 6.45) is 0.430. The number of nitrogens with zero attached hydrogens (tertiary/aromatic N) is 2. The summed E-state index contributed by atoms with van der Waals surface area (Å²) in [5.41, 5.74) is 1.36. The molecule has 0 radical (unpaired) electrons. The van der Waals surface area contributed by atoms with E-state index in [9.17, 15) is 4.79 Å². The number of para-hydroxylation sites is 1. The molecule has 0 bridgehead atoms. The van der Waals surface area contributed by atoms with E-state index in [-0.39, 0.29) is 5.91 Å². The van der Waals surface area contributed by atoms with E-state index >= 15 is 0 Å². The lowest BCUT2D eigenvalue weighted by molar-refractivity contribution is -0.127. The molecule has 5 heteroatoms. The highest BCUT2D eigenvalue weighted by Gasteiger charge is 2.26. The van der Waals surface area contributed by atoms with Gasteiger partial charge in [-0.2, -0.15) is 0 Å². The van der Waals surface area contributed by atoms with Crippen LogP contribution in [0.1, 0.15) is 24.9 Å². The number of hydrogen-bond donors (Lipinski definition) is 1. The van der Waals surface area contributed by atoms with E-state index in [4.69, 9.17) is 4.74 Å². The predicted octanol–water partition coefficient (Wildman–Crippen LogP) is 2.95. The Bertz CT molecular complexity index is 723. The number of rotatable bonds is 8. The molecule has 1 heterocycles. The predicted molar refractivity (Wildman–Crippen MR) is 112 cm³/mol. The van der Waals surface area contributed by atoms with Crippen molar-refractivity contribution in [2.75, 3.05) is 39.8 Å². The van der Waals surface area contributed by atoms with Gasteiger partial charge in [-0.25, -0.2) is 0 Å². The van der Waals surface area contributed by atoms with Crippen molar-refractivity contribution < 1.29 is 9.53 Å². The zero-order valence-electron chi connectivity index (χ0n) is 16.9. The first-order chi connectivity index (χ1) is 13.6. The number of likely N-dealkylation sites (N-methyl/N-ethyl adjacent to an activating group) is 1. The van der Waals surface area contributed by atoms with E-state index < -0.39 is 6.10 Å². The normalized spacial score (nSPS) is 19.1. The number of carbonyl (C=O) groups is 1. The average Bonchev–Trinajstić information content (AvgIpc) is 2.73. The number of amides is 1. The number of ether oxygens (including phenoxy) is 1. The molecular weight excluding hydrogens is 350 g/mol.